The topological polar surface area (TPSA) is 102 Å². The number of nitrogens with one attached hydrogen (secondary N) is 2. The van der Waals surface area contributed by atoms with Gasteiger partial charge in [0.15, 0.2) is 0 Å². The molecule has 0 fully saturated rings. The van der Waals surface area contributed by atoms with Crippen molar-refractivity contribution < 1.29 is 14.7 Å². The van der Waals surface area contributed by atoms with E-state index in [0.29, 0.717) is 12.1 Å². The van der Waals surface area contributed by atoms with Crippen molar-refractivity contribution in [2.45, 2.75) is 46.6 Å². The summed E-state index contributed by atoms with van der Waals surface area (Å²) in [5.74, 6) is -1.41. The molecular weight excluding hydrogens is 318 g/mol. The number of carboxylic acids is 1. The van der Waals surface area contributed by atoms with Crippen LogP contribution in [0.1, 0.15) is 38.3 Å². The van der Waals surface area contributed by atoms with Gasteiger partial charge in [-0.15, -0.1) is 0 Å². The molecule has 3 N–H and O–H groups in total. The highest BCUT2D eigenvalue weighted by Crippen LogP contribution is 2.21. The lowest BCUT2D eigenvalue weighted by atomic mass is 10.0. The zero-order chi connectivity index (χ0) is 19.0. The number of nitriles is 1. The summed E-state index contributed by atoms with van der Waals surface area (Å²) >= 11 is 0. The zero-order valence-electron chi connectivity index (χ0n) is 15.1. The van der Waals surface area contributed by atoms with E-state index in [0.717, 1.165) is 17.5 Å². The van der Waals surface area contributed by atoms with Crippen LogP contribution in [0.4, 0.5) is 5.69 Å². The molecule has 1 rings (SSSR count). The Labute approximate surface area is 148 Å². The molecule has 0 radical (unpaired) electrons. The molecule has 6 heteroatoms. The van der Waals surface area contributed by atoms with Crippen LogP contribution < -0.4 is 10.6 Å². The van der Waals surface area contributed by atoms with E-state index >= 15 is 0 Å². The van der Waals surface area contributed by atoms with Crippen LogP contribution in [0, 0.1) is 24.2 Å². The van der Waals surface area contributed by atoms with Crippen LogP contribution in [-0.4, -0.2) is 23.0 Å². The molecule has 0 heterocycles. The molecule has 0 bridgehead atoms. The number of aryl methyl sites for hydroxylation is 2. The second kappa shape index (κ2) is 9.48. The first-order valence-electron chi connectivity index (χ1n) is 8.29. The average molecular weight is 343 g/mol. The highest BCUT2D eigenvalue weighted by Gasteiger charge is 2.19. The fraction of sp³-hybridized carbons (Fsp3) is 0.421. The first-order valence-corrected chi connectivity index (χ1v) is 8.29. The molecule has 1 aromatic rings. The Kier molecular flexibility index (Phi) is 7.67. The number of nitrogens with zero attached hydrogens (tertiary/aromatic N) is 1. The van der Waals surface area contributed by atoms with Gasteiger partial charge in [-0.1, -0.05) is 39.0 Å². The third kappa shape index (κ3) is 5.96. The molecule has 0 saturated carbocycles. The van der Waals surface area contributed by atoms with Crippen molar-refractivity contribution in [3.05, 3.63) is 41.1 Å². The van der Waals surface area contributed by atoms with Crippen LogP contribution in [0.2, 0.25) is 0 Å². The van der Waals surface area contributed by atoms with E-state index in [2.05, 4.69) is 10.6 Å². The van der Waals surface area contributed by atoms with Gasteiger partial charge in [-0.05, 0) is 36.8 Å². The van der Waals surface area contributed by atoms with Gasteiger partial charge in [0, 0.05) is 11.9 Å². The number of hydrogen-bond acceptors (Lipinski definition) is 4. The van der Waals surface area contributed by atoms with E-state index < -0.39 is 17.9 Å². The number of carbonyl (C=O) groups excluding carboxylic acids is 1. The minimum absolute atomic E-state index is 0.166. The monoisotopic (exact) mass is 343 g/mol. The van der Waals surface area contributed by atoms with Gasteiger partial charge >= 0.3 is 5.97 Å². The predicted molar refractivity (Wildman–Crippen MR) is 96.9 cm³/mol. The van der Waals surface area contributed by atoms with Gasteiger partial charge in [-0.3, -0.25) is 4.79 Å². The lowest BCUT2D eigenvalue weighted by Crippen LogP contribution is -2.35. The standard InChI is InChI=1S/C19H25N3O3/c1-5-14-8-6-7-13(4)17(14)22-18(23)15(10-20)11-21-16(19(24)25)9-12(2)3/h6-8,11-12,16,21H,5,9H2,1-4H3,(H,22,23)(H,24,25)/b15-11-. The van der Waals surface area contributed by atoms with Crippen LogP contribution >= 0.6 is 0 Å². The minimum atomic E-state index is -1.02. The number of aliphatic carboxylic acids is 1. The summed E-state index contributed by atoms with van der Waals surface area (Å²) in [6.45, 7) is 7.68. The van der Waals surface area contributed by atoms with Gasteiger partial charge in [0.2, 0.25) is 0 Å². The van der Waals surface area contributed by atoms with E-state index in [1.165, 1.54) is 6.20 Å². The molecule has 0 aliphatic rings. The van der Waals surface area contributed by atoms with Gasteiger partial charge in [0.25, 0.3) is 5.91 Å². The molecule has 1 unspecified atom stereocenters. The SMILES string of the molecule is CCc1cccc(C)c1NC(=O)/C(C#N)=C\NC(CC(C)C)C(=O)O. The smallest absolute Gasteiger partial charge is 0.326 e. The maximum Gasteiger partial charge on any atom is 0.326 e. The maximum absolute atomic E-state index is 12.4. The van der Waals surface area contributed by atoms with Gasteiger partial charge in [-0.2, -0.15) is 5.26 Å². The van der Waals surface area contributed by atoms with Gasteiger partial charge < -0.3 is 15.7 Å². The van der Waals surface area contributed by atoms with E-state index in [4.69, 9.17) is 0 Å². The Balaban J connectivity index is 2.95. The van der Waals surface area contributed by atoms with Crippen molar-refractivity contribution in [1.29, 1.82) is 5.26 Å². The number of carbonyl (C=O) groups is 2. The van der Waals surface area contributed by atoms with Crippen LogP contribution in [0.3, 0.4) is 0 Å². The lowest BCUT2D eigenvalue weighted by molar-refractivity contribution is -0.139. The highest BCUT2D eigenvalue weighted by atomic mass is 16.4. The second-order valence-electron chi connectivity index (χ2n) is 6.27. The molecule has 6 nitrogen and oxygen atoms in total. The molecule has 0 saturated heterocycles. The van der Waals surface area contributed by atoms with Crippen LogP contribution in [0.15, 0.2) is 30.0 Å². The molecule has 134 valence electrons. The molecule has 0 aliphatic carbocycles. The zero-order valence-corrected chi connectivity index (χ0v) is 15.1. The third-order valence-corrected chi connectivity index (χ3v) is 3.78. The summed E-state index contributed by atoms with van der Waals surface area (Å²) in [6.07, 6.45) is 2.32. The summed E-state index contributed by atoms with van der Waals surface area (Å²) in [5.41, 5.74) is 2.40. The molecular formula is C19H25N3O3. The molecule has 0 spiro atoms. The van der Waals surface area contributed by atoms with E-state index in [1.807, 2.05) is 52.0 Å². The molecule has 0 aromatic heterocycles. The highest BCUT2D eigenvalue weighted by molar-refractivity contribution is 6.07. The summed E-state index contributed by atoms with van der Waals surface area (Å²) < 4.78 is 0. The number of carboxylic acid groups (broad SMARTS) is 1. The summed E-state index contributed by atoms with van der Waals surface area (Å²) in [4.78, 5) is 23.6. The predicted octanol–water partition coefficient (Wildman–Crippen LogP) is 2.99. The summed E-state index contributed by atoms with van der Waals surface area (Å²) in [5, 5.41) is 23.9. The average Bonchev–Trinajstić information content (AvgIpc) is 2.55. The normalized spacial score (nSPS) is 12.4. The number of anilines is 1. The van der Waals surface area contributed by atoms with Crippen LogP contribution in [0.25, 0.3) is 0 Å². The fourth-order valence-electron chi connectivity index (χ4n) is 2.43. The Morgan fingerprint density at radius 3 is 2.56 bits per heavy atom. The summed E-state index contributed by atoms with van der Waals surface area (Å²) in [7, 11) is 0. The largest absolute Gasteiger partial charge is 0.480 e. The Bertz CT molecular complexity index is 702. The van der Waals surface area contributed by atoms with E-state index in [1.54, 1.807) is 0 Å². The van der Waals surface area contributed by atoms with Crippen molar-refractivity contribution in [1.82, 2.24) is 5.32 Å². The summed E-state index contributed by atoms with van der Waals surface area (Å²) in [6, 6.07) is 6.68. The van der Waals surface area contributed by atoms with Gasteiger partial charge in [-0.25, -0.2) is 4.79 Å². The number of amides is 1. The fourth-order valence-corrected chi connectivity index (χ4v) is 2.43. The number of benzene rings is 1. The van der Waals surface area contributed by atoms with Crippen molar-refractivity contribution in [3.8, 4) is 6.07 Å². The first-order chi connectivity index (χ1) is 11.8. The van der Waals surface area contributed by atoms with Gasteiger partial charge in [0.05, 0.1) is 0 Å². The molecule has 1 atom stereocenters. The minimum Gasteiger partial charge on any atom is -0.480 e. The van der Waals surface area contributed by atoms with Crippen molar-refractivity contribution in [3.63, 3.8) is 0 Å². The number of para-hydroxylation sites is 1. The Hall–Kier alpha value is -2.81. The van der Waals surface area contributed by atoms with Crippen LogP contribution in [0.5, 0.6) is 0 Å². The molecule has 0 aliphatic heterocycles. The molecule has 1 aromatic carbocycles. The second-order valence-corrected chi connectivity index (χ2v) is 6.27. The maximum atomic E-state index is 12.4. The Morgan fingerprint density at radius 2 is 2.04 bits per heavy atom. The van der Waals surface area contributed by atoms with E-state index in [9.17, 15) is 20.0 Å². The number of rotatable bonds is 8. The van der Waals surface area contributed by atoms with Gasteiger partial charge in [0.1, 0.15) is 17.7 Å². The number of hydrogen-bond donors (Lipinski definition) is 3. The molecule has 1 amide bonds. The van der Waals surface area contributed by atoms with Crippen molar-refractivity contribution in [2.75, 3.05) is 5.32 Å². The van der Waals surface area contributed by atoms with E-state index in [-0.39, 0.29) is 11.5 Å². The third-order valence-electron chi connectivity index (χ3n) is 3.78. The van der Waals surface area contributed by atoms with Crippen LogP contribution in [-0.2, 0) is 16.0 Å². The van der Waals surface area contributed by atoms with Crippen molar-refractivity contribution >= 4 is 17.6 Å². The Morgan fingerprint density at radius 1 is 1.36 bits per heavy atom. The quantitative estimate of drug-likeness (QED) is 0.497. The van der Waals surface area contributed by atoms with Crippen molar-refractivity contribution in [2.24, 2.45) is 5.92 Å². The molecule has 25 heavy (non-hydrogen) atoms. The lowest BCUT2D eigenvalue weighted by Gasteiger charge is -2.16. The first kappa shape index (κ1) is 20.2.